The average molecular weight is 457 g/mol. The van der Waals surface area contributed by atoms with E-state index < -0.39 is 15.8 Å². The number of carbonyl (C=O) groups is 1. The van der Waals surface area contributed by atoms with E-state index in [0.29, 0.717) is 0 Å². The van der Waals surface area contributed by atoms with E-state index in [2.05, 4.69) is 5.10 Å². The number of aryl methyl sites for hydroxylation is 1. The quantitative estimate of drug-likeness (QED) is 0.592. The molecule has 9 heteroatoms. The molecule has 32 heavy (non-hydrogen) atoms. The Bertz CT molecular complexity index is 1230. The fourth-order valence-corrected chi connectivity index (χ4v) is 5.47. The van der Waals surface area contributed by atoms with Gasteiger partial charge in [0.05, 0.1) is 17.8 Å². The van der Waals surface area contributed by atoms with Crippen molar-refractivity contribution >= 4 is 15.9 Å². The molecule has 3 aromatic rings. The molecule has 0 N–H and O–H groups in total. The molecule has 0 atom stereocenters. The number of hydrogen-bond acceptors (Lipinski definition) is 4. The molecule has 1 aromatic heterocycles. The lowest BCUT2D eigenvalue weighted by Gasteiger charge is -2.34. The number of aromatic nitrogens is 2. The smallest absolute Gasteiger partial charge is 0.246 e. The summed E-state index contributed by atoms with van der Waals surface area (Å²) in [5.41, 5.74) is 3.50. The fraction of sp³-hybridized carbons (Fsp3) is 0.304. The first-order chi connectivity index (χ1) is 15.3. The van der Waals surface area contributed by atoms with Gasteiger partial charge in [-0.3, -0.25) is 4.79 Å². The molecule has 0 saturated carbocycles. The summed E-state index contributed by atoms with van der Waals surface area (Å²) in [6.45, 7) is 4.60. The van der Waals surface area contributed by atoms with Gasteiger partial charge < -0.3 is 4.90 Å². The number of hydrogen-bond donors (Lipinski definition) is 0. The molecule has 0 spiro atoms. The van der Waals surface area contributed by atoms with Crippen molar-refractivity contribution in [2.45, 2.75) is 25.2 Å². The minimum Gasteiger partial charge on any atom is -0.340 e. The molecule has 168 valence electrons. The van der Waals surface area contributed by atoms with Gasteiger partial charge in [-0.2, -0.15) is 9.40 Å². The third-order valence-corrected chi connectivity index (χ3v) is 7.75. The highest BCUT2D eigenvalue weighted by molar-refractivity contribution is 7.89. The van der Waals surface area contributed by atoms with Crippen LogP contribution in [0.3, 0.4) is 0 Å². The predicted octanol–water partition coefficient (Wildman–Crippen LogP) is 2.70. The van der Waals surface area contributed by atoms with Gasteiger partial charge in [-0.15, -0.1) is 0 Å². The molecule has 1 amide bonds. The van der Waals surface area contributed by atoms with Gasteiger partial charge in [0.2, 0.25) is 15.9 Å². The van der Waals surface area contributed by atoms with Gasteiger partial charge in [0, 0.05) is 37.4 Å². The minimum atomic E-state index is -3.93. The molecule has 1 aliphatic heterocycles. The van der Waals surface area contributed by atoms with Crippen molar-refractivity contribution in [2.75, 3.05) is 26.2 Å². The zero-order chi connectivity index (χ0) is 22.9. The number of amides is 1. The van der Waals surface area contributed by atoms with Gasteiger partial charge in [0.1, 0.15) is 10.7 Å². The van der Waals surface area contributed by atoms with Gasteiger partial charge in [0.15, 0.2) is 0 Å². The molecule has 0 radical (unpaired) electrons. The third-order valence-electron chi connectivity index (χ3n) is 5.82. The second-order valence-electron chi connectivity index (χ2n) is 7.79. The summed E-state index contributed by atoms with van der Waals surface area (Å²) >= 11 is 0. The molecule has 2 aromatic carbocycles. The Labute approximate surface area is 187 Å². The highest BCUT2D eigenvalue weighted by Crippen LogP contribution is 2.22. The van der Waals surface area contributed by atoms with Gasteiger partial charge in [-0.25, -0.2) is 17.5 Å². The number of rotatable bonds is 5. The van der Waals surface area contributed by atoms with Gasteiger partial charge in [-0.05, 0) is 38.1 Å². The summed E-state index contributed by atoms with van der Waals surface area (Å²) < 4.78 is 42.6. The van der Waals surface area contributed by atoms with Crippen LogP contribution in [0, 0.1) is 19.7 Å². The Balaban J connectivity index is 1.44. The molecule has 1 fully saturated rings. The third kappa shape index (κ3) is 4.18. The summed E-state index contributed by atoms with van der Waals surface area (Å²) in [6, 6.07) is 15.1. The van der Waals surface area contributed by atoms with E-state index in [-0.39, 0.29) is 43.4 Å². The summed E-state index contributed by atoms with van der Waals surface area (Å²) in [4.78, 5) is 14.3. The largest absolute Gasteiger partial charge is 0.340 e. The zero-order valence-corrected chi connectivity index (χ0v) is 18.8. The Kier molecular flexibility index (Phi) is 6.12. The summed E-state index contributed by atoms with van der Waals surface area (Å²) in [6.07, 6.45) is 0.199. The predicted molar refractivity (Wildman–Crippen MR) is 118 cm³/mol. The van der Waals surface area contributed by atoms with Crippen molar-refractivity contribution in [3.63, 3.8) is 0 Å². The molecular formula is C23H25FN4O3S. The molecule has 0 bridgehead atoms. The van der Waals surface area contributed by atoms with Crippen molar-refractivity contribution in [3.8, 4) is 5.69 Å². The summed E-state index contributed by atoms with van der Waals surface area (Å²) in [5, 5.41) is 4.59. The van der Waals surface area contributed by atoms with Crippen molar-refractivity contribution in [2.24, 2.45) is 0 Å². The molecular weight excluding hydrogens is 431 g/mol. The number of halogens is 1. The highest BCUT2D eigenvalue weighted by Gasteiger charge is 2.32. The lowest BCUT2D eigenvalue weighted by atomic mass is 10.1. The maximum Gasteiger partial charge on any atom is 0.246 e. The van der Waals surface area contributed by atoms with Crippen LogP contribution in [0.2, 0.25) is 0 Å². The van der Waals surface area contributed by atoms with Crippen molar-refractivity contribution < 1.29 is 17.6 Å². The molecule has 2 heterocycles. The maximum atomic E-state index is 14.0. The van der Waals surface area contributed by atoms with E-state index in [0.717, 1.165) is 28.7 Å². The topological polar surface area (TPSA) is 75.5 Å². The number of carbonyl (C=O) groups excluding carboxylic acids is 1. The van der Waals surface area contributed by atoms with E-state index in [1.807, 2.05) is 48.9 Å². The van der Waals surface area contributed by atoms with Gasteiger partial charge >= 0.3 is 0 Å². The molecule has 1 saturated heterocycles. The van der Waals surface area contributed by atoms with Crippen LogP contribution in [-0.4, -0.2) is 59.5 Å². The molecule has 1 aliphatic rings. The minimum absolute atomic E-state index is 0.0771. The lowest BCUT2D eigenvalue weighted by molar-refractivity contribution is -0.131. The number of benzene rings is 2. The van der Waals surface area contributed by atoms with Crippen LogP contribution in [0.4, 0.5) is 4.39 Å². The summed E-state index contributed by atoms with van der Waals surface area (Å²) in [7, 11) is -3.93. The molecule has 7 nitrogen and oxygen atoms in total. The van der Waals surface area contributed by atoms with E-state index >= 15 is 0 Å². The van der Waals surface area contributed by atoms with Crippen LogP contribution < -0.4 is 0 Å². The number of sulfonamides is 1. The Hall–Kier alpha value is -3.04. The zero-order valence-electron chi connectivity index (χ0n) is 18.0. The number of piperazine rings is 1. The van der Waals surface area contributed by atoms with Gasteiger partial charge in [-0.1, -0.05) is 30.3 Å². The standard InChI is InChI=1S/C23H25FN4O3S/c1-17-20(18(2)28(25-17)19-8-4-3-5-9-19)16-23(29)26-12-14-27(15-13-26)32(30,31)22-11-7-6-10-21(22)24/h3-11H,12-16H2,1-2H3. The SMILES string of the molecule is Cc1nn(-c2ccccc2)c(C)c1CC(=O)N1CCN(S(=O)(=O)c2ccccc2F)CC1. The van der Waals surface area contributed by atoms with Crippen LogP contribution in [0.25, 0.3) is 5.69 Å². The number of nitrogens with zero attached hydrogens (tertiary/aromatic N) is 4. The van der Waals surface area contributed by atoms with Crippen LogP contribution in [-0.2, 0) is 21.2 Å². The number of para-hydroxylation sites is 1. The van der Waals surface area contributed by atoms with E-state index in [9.17, 15) is 17.6 Å². The van der Waals surface area contributed by atoms with Crippen LogP contribution >= 0.6 is 0 Å². The Morgan fingerprint density at radius 2 is 1.59 bits per heavy atom. The highest BCUT2D eigenvalue weighted by atomic mass is 32.2. The lowest BCUT2D eigenvalue weighted by Crippen LogP contribution is -2.51. The van der Waals surface area contributed by atoms with Gasteiger partial charge in [0.25, 0.3) is 0 Å². The maximum absolute atomic E-state index is 14.0. The fourth-order valence-electron chi connectivity index (χ4n) is 3.99. The van der Waals surface area contributed by atoms with Crippen LogP contribution in [0.15, 0.2) is 59.5 Å². The Morgan fingerprint density at radius 3 is 2.25 bits per heavy atom. The first kappa shape index (κ1) is 22.2. The second-order valence-corrected chi connectivity index (χ2v) is 9.70. The summed E-state index contributed by atoms with van der Waals surface area (Å²) in [5.74, 6) is -0.848. The monoisotopic (exact) mass is 456 g/mol. The van der Waals surface area contributed by atoms with E-state index in [4.69, 9.17) is 0 Å². The van der Waals surface area contributed by atoms with Crippen molar-refractivity contribution in [1.82, 2.24) is 19.0 Å². The van der Waals surface area contributed by atoms with E-state index in [1.54, 1.807) is 4.90 Å². The molecule has 0 unspecified atom stereocenters. The normalized spacial score (nSPS) is 15.2. The van der Waals surface area contributed by atoms with Crippen molar-refractivity contribution in [1.29, 1.82) is 0 Å². The average Bonchev–Trinajstić information content (AvgIpc) is 3.08. The van der Waals surface area contributed by atoms with Crippen molar-refractivity contribution in [3.05, 3.63) is 77.4 Å². The van der Waals surface area contributed by atoms with E-state index in [1.165, 1.54) is 22.5 Å². The molecule has 4 rings (SSSR count). The first-order valence-corrected chi connectivity index (χ1v) is 11.9. The van der Waals surface area contributed by atoms with Crippen LogP contribution in [0.1, 0.15) is 17.0 Å². The van der Waals surface area contributed by atoms with Crippen LogP contribution in [0.5, 0.6) is 0 Å². The first-order valence-electron chi connectivity index (χ1n) is 10.4. The second kappa shape index (κ2) is 8.84. The molecule has 0 aliphatic carbocycles. The Morgan fingerprint density at radius 1 is 0.969 bits per heavy atom.